The van der Waals surface area contributed by atoms with Crippen LogP contribution in [0.3, 0.4) is 0 Å². The van der Waals surface area contributed by atoms with Gasteiger partial charge in [-0.3, -0.25) is 0 Å². The van der Waals surface area contributed by atoms with Crippen molar-refractivity contribution in [3.63, 3.8) is 0 Å². The standard InChI is InChI=1S/C13H21F2N3/c1-13(14,15)12(17)8-11(18-2)7-9-3-5-10(16)6-4-9/h3,5-6,8-9,12,18H,4,7,16-17H2,1-2H3/b11-8-. The first kappa shape index (κ1) is 14.7. The summed E-state index contributed by atoms with van der Waals surface area (Å²) < 4.78 is 26.0. The summed E-state index contributed by atoms with van der Waals surface area (Å²) in [4.78, 5) is 0. The van der Waals surface area contributed by atoms with E-state index in [0.717, 1.165) is 24.7 Å². The molecule has 0 spiro atoms. The number of hydrogen-bond acceptors (Lipinski definition) is 3. The maximum atomic E-state index is 13.0. The topological polar surface area (TPSA) is 64.1 Å². The van der Waals surface area contributed by atoms with Crippen molar-refractivity contribution in [1.82, 2.24) is 5.32 Å². The lowest BCUT2D eigenvalue weighted by atomic mass is 9.94. The number of hydrogen-bond donors (Lipinski definition) is 3. The monoisotopic (exact) mass is 257 g/mol. The van der Waals surface area contributed by atoms with Gasteiger partial charge in [0.2, 0.25) is 0 Å². The van der Waals surface area contributed by atoms with Crippen molar-refractivity contribution in [2.24, 2.45) is 17.4 Å². The molecular formula is C13H21F2N3. The summed E-state index contributed by atoms with van der Waals surface area (Å²) in [6.07, 6.45) is 8.65. The molecule has 0 saturated carbocycles. The molecule has 18 heavy (non-hydrogen) atoms. The summed E-state index contributed by atoms with van der Waals surface area (Å²) in [7, 11) is 1.71. The Labute approximate surface area is 107 Å². The second-order valence-corrected chi connectivity index (χ2v) is 4.69. The summed E-state index contributed by atoms with van der Waals surface area (Å²) in [6.45, 7) is 0.825. The summed E-state index contributed by atoms with van der Waals surface area (Å²) in [5.41, 5.74) is 12.5. The molecule has 0 radical (unpaired) electrons. The van der Waals surface area contributed by atoms with Crippen LogP contribution in [0.4, 0.5) is 8.78 Å². The molecule has 0 aliphatic heterocycles. The average molecular weight is 257 g/mol. The van der Waals surface area contributed by atoms with Crippen LogP contribution in [0.5, 0.6) is 0 Å². The van der Waals surface area contributed by atoms with E-state index in [-0.39, 0.29) is 5.92 Å². The molecule has 0 fully saturated rings. The Morgan fingerprint density at radius 2 is 2.33 bits per heavy atom. The lowest BCUT2D eigenvalue weighted by molar-refractivity contribution is 0.00880. The smallest absolute Gasteiger partial charge is 0.263 e. The molecule has 5 N–H and O–H groups in total. The van der Waals surface area contributed by atoms with Gasteiger partial charge in [0.25, 0.3) is 5.92 Å². The zero-order chi connectivity index (χ0) is 13.8. The molecule has 0 amide bonds. The van der Waals surface area contributed by atoms with Crippen molar-refractivity contribution in [3.05, 3.63) is 35.7 Å². The third kappa shape index (κ3) is 4.49. The summed E-state index contributed by atoms with van der Waals surface area (Å²) in [5, 5.41) is 2.93. The molecule has 0 aromatic heterocycles. The summed E-state index contributed by atoms with van der Waals surface area (Å²) >= 11 is 0. The van der Waals surface area contributed by atoms with Crippen molar-refractivity contribution in [2.75, 3.05) is 7.05 Å². The third-order valence-electron chi connectivity index (χ3n) is 2.99. The molecule has 1 aliphatic carbocycles. The molecular weight excluding hydrogens is 236 g/mol. The van der Waals surface area contributed by atoms with E-state index in [2.05, 4.69) is 5.32 Å². The summed E-state index contributed by atoms with van der Waals surface area (Å²) in [5.74, 6) is -2.64. The Morgan fingerprint density at radius 1 is 1.67 bits per heavy atom. The molecule has 2 unspecified atom stereocenters. The van der Waals surface area contributed by atoms with Gasteiger partial charge in [0.1, 0.15) is 0 Å². The van der Waals surface area contributed by atoms with E-state index >= 15 is 0 Å². The van der Waals surface area contributed by atoms with Gasteiger partial charge in [-0.25, -0.2) is 8.78 Å². The number of rotatable bonds is 5. The van der Waals surface area contributed by atoms with Crippen molar-refractivity contribution < 1.29 is 8.78 Å². The van der Waals surface area contributed by atoms with Crippen LogP contribution in [-0.4, -0.2) is 19.0 Å². The van der Waals surface area contributed by atoms with E-state index < -0.39 is 12.0 Å². The first-order valence-corrected chi connectivity index (χ1v) is 5.98. The second kappa shape index (κ2) is 6.00. The molecule has 5 heteroatoms. The van der Waals surface area contributed by atoms with Crippen LogP contribution in [0.15, 0.2) is 35.7 Å². The zero-order valence-corrected chi connectivity index (χ0v) is 10.8. The van der Waals surface area contributed by atoms with Gasteiger partial charge in [0.05, 0.1) is 6.04 Å². The van der Waals surface area contributed by atoms with E-state index in [1.165, 1.54) is 6.08 Å². The fourth-order valence-electron chi connectivity index (χ4n) is 1.73. The third-order valence-corrected chi connectivity index (χ3v) is 2.99. The highest BCUT2D eigenvalue weighted by atomic mass is 19.3. The molecule has 1 rings (SSSR count). The van der Waals surface area contributed by atoms with Crippen LogP contribution in [0.2, 0.25) is 0 Å². The minimum atomic E-state index is -2.91. The van der Waals surface area contributed by atoms with Gasteiger partial charge in [-0.1, -0.05) is 12.2 Å². The maximum Gasteiger partial charge on any atom is 0.263 e. The van der Waals surface area contributed by atoms with Crippen LogP contribution in [0.1, 0.15) is 19.8 Å². The lowest BCUT2D eigenvalue weighted by Crippen LogP contribution is -2.37. The Kier molecular flexibility index (Phi) is 4.90. The highest BCUT2D eigenvalue weighted by Gasteiger charge is 2.29. The Hall–Kier alpha value is -1.36. The fourth-order valence-corrected chi connectivity index (χ4v) is 1.73. The lowest BCUT2D eigenvalue weighted by Gasteiger charge is -2.20. The fraction of sp³-hybridized carbons (Fsp3) is 0.538. The highest BCUT2D eigenvalue weighted by molar-refractivity contribution is 5.22. The molecule has 102 valence electrons. The van der Waals surface area contributed by atoms with Crippen LogP contribution < -0.4 is 16.8 Å². The van der Waals surface area contributed by atoms with Gasteiger partial charge in [0.15, 0.2) is 0 Å². The predicted molar refractivity (Wildman–Crippen MR) is 69.9 cm³/mol. The van der Waals surface area contributed by atoms with Crippen LogP contribution in [0.25, 0.3) is 0 Å². The van der Waals surface area contributed by atoms with E-state index in [0.29, 0.717) is 6.42 Å². The number of nitrogens with two attached hydrogens (primary N) is 2. The first-order chi connectivity index (χ1) is 8.32. The van der Waals surface area contributed by atoms with Crippen molar-refractivity contribution in [2.45, 2.75) is 31.7 Å². The molecule has 3 nitrogen and oxygen atoms in total. The second-order valence-electron chi connectivity index (χ2n) is 4.69. The van der Waals surface area contributed by atoms with Crippen molar-refractivity contribution in [3.8, 4) is 0 Å². The SMILES string of the molecule is CN/C(=C\C(N)C(C)(F)F)CC1C=CC(N)=CC1. The number of nitrogens with one attached hydrogen (secondary N) is 1. The van der Waals surface area contributed by atoms with Gasteiger partial charge >= 0.3 is 0 Å². The van der Waals surface area contributed by atoms with Crippen LogP contribution >= 0.6 is 0 Å². The number of halogens is 2. The molecule has 0 aromatic rings. The molecule has 0 aromatic carbocycles. The minimum absolute atomic E-state index is 0.272. The number of alkyl halides is 2. The molecule has 0 heterocycles. The van der Waals surface area contributed by atoms with E-state index in [1.54, 1.807) is 7.05 Å². The predicted octanol–water partition coefficient (Wildman–Crippen LogP) is 1.88. The zero-order valence-electron chi connectivity index (χ0n) is 10.8. The molecule has 1 aliphatic rings. The van der Waals surface area contributed by atoms with E-state index in [1.807, 2.05) is 18.2 Å². The number of allylic oxidation sites excluding steroid dienone is 4. The molecule has 0 saturated heterocycles. The Bertz CT molecular complexity index is 367. The minimum Gasteiger partial charge on any atom is -0.399 e. The highest BCUT2D eigenvalue weighted by Crippen LogP contribution is 2.23. The van der Waals surface area contributed by atoms with Gasteiger partial charge < -0.3 is 16.8 Å². The normalized spacial score (nSPS) is 22.6. The molecule has 0 bridgehead atoms. The van der Waals surface area contributed by atoms with Gasteiger partial charge in [-0.15, -0.1) is 0 Å². The van der Waals surface area contributed by atoms with E-state index in [4.69, 9.17) is 11.5 Å². The van der Waals surface area contributed by atoms with Crippen molar-refractivity contribution in [1.29, 1.82) is 0 Å². The average Bonchev–Trinajstić information content (AvgIpc) is 2.29. The van der Waals surface area contributed by atoms with E-state index in [9.17, 15) is 8.78 Å². The van der Waals surface area contributed by atoms with Crippen LogP contribution in [0, 0.1) is 5.92 Å². The Balaban J connectivity index is 2.63. The first-order valence-electron chi connectivity index (χ1n) is 5.98. The van der Waals surface area contributed by atoms with Crippen molar-refractivity contribution >= 4 is 0 Å². The molecule has 2 atom stereocenters. The van der Waals surface area contributed by atoms with Crippen LogP contribution in [-0.2, 0) is 0 Å². The maximum absolute atomic E-state index is 13.0. The summed E-state index contributed by atoms with van der Waals surface area (Å²) in [6, 6.07) is -1.27. The quantitative estimate of drug-likeness (QED) is 0.704. The largest absolute Gasteiger partial charge is 0.399 e. The van der Waals surface area contributed by atoms with Gasteiger partial charge in [-0.05, 0) is 30.9 Å². The van der Waals surface area contributed by atoms with Gasteiger partial charge in [0, 0.05) is 25.4 Å². The Morgan fingerprint density at radius 3 is 2.78 bits per heavy atom. The van der Waals surface area contributed by atoms with Gasteiger partial charge in [-0.2, -0.15) is 0 Å².